The van der Waals surface area contributed by atoms with Crippen LogP contribution in [0.15, 0.2) is 30.3 Å². The molecule has 0 aliphatic heterocycles. The molecule has 0 unspecified atom stereocenters. The lowest BCUT2D eigenvalue weighted by Crippen LogP contribution is -2.64. The molecule has 4 fully saturated rings. The van der Waals surface area contributed by atoms with Gasteiger partial charge in [-0.15, -0.1) is 24.0 Å². The van der Waals surface area contributed by atoms with Gasteiger partial charge in [-0.05, 0) is 49.5 Å². The minimum Gasteiger partial charge on any atom is -0.389 e. The van der Waals surface area contributed by atoms with E-state index in [-0.39, 0.29) is 29.2 Å². The van der Waals surface area contributed by atoms with Gasteiger partial charge in [0.25, 0.3) is 0 Å². The summed E-state index contributed by atoms with van der Waals surface area (Å²) in [5.74, 6) is 1.24. The molecule has 2 nitrogen and oxygen atoms in total. The summed E-state index contributed by atoms with van der Waals surface area (Å²) in [7, 11) is 0. The smallest absolute Gasteiger partial charge is 0.0716 e. The zero-order valence-electron chi connectivity index (χ0n) is 12.0. The van der Waals surface area contributed by atoms with E-state index in [0.717, 1.165) is 31.2 Å². The zero-order chi connectivity index (χ0) is 14.0. The van der Waals surface area contributed by atoms with Crippen molar-refractivity contribution in [1.82, 2.24) is 0 Å². The highest BCUT2D eigenvalue weighted by Crippen LogP contribution is 2.64. The first kappa shape index (κ1) is 15.6. The molecular formula is C17H23Cl2NO. The van der Waals surface area contributed by atoms with E-state index < -0.39 is 5.60 Å². The highest BCUT2D eigenvalue weighted by molar-refractivity contribution is 6.24. The summed E-state index contributed by atoms with van der Waals surface area (Å²) in [6.45, 7) is 0. The van der Waals surface area contributed by atoms with Crippen molar-refractivity contribution in [2.24, 2.45) is 23.5 Å². The van der Waals surface area contributed by atoms with E-state index in [9.17, 15) is 5.11 Å². The number of halogens is 2. The van der Waals surface area contributed by atoms with Crippen LogP contribution in [0, 0.1) is 17.8 Å². The topological polar surface area (TPSA) is 46.2 Å². The molecule has 0 heterocycles. The van der Waals surface area contributed by atoms with E-state index in [1.165, 1.54) is 6.42 Å². The van der Waals surface area contributed by atoms with E-state index in [2.05, 4.69) is 12.1 Å². The fourth-order valence-corrected chi connectivity index (χ4v) is 6.21. The Morgan fingerprint density at radius 3 is 2.52 bits per heavy atom. The van der Waals surface area contributed by atoms with Crippen molar-refractivity contribution in [3.8, 4) is 0 Å². The van der Waals surface area contributed by atoms with Gasteiger partial charge >= 0.3 is 0 Å². The van der Waals surface area contributed by atoms with E-state index in [0.29, 0.717) is 11.8 Å². The van der Waals surface area contributed by atoms with E-state index in [4.69, 9.17) is 17.3 Å². The van der Waals surface area contributed by atoms with Gasteiger partial charge in [-0.2, -0.15) is 0 Å². The molecule has 0 radical (unpaired) electrons. The van der Waals surface area contributed by atoms with Crippen LogP contribution < -0.4 is 5.73 Å². The molecule has 116 valence electrons. The van der Waals surface area contributed by atoms with E-state index in [1.54, 1.807) is 0 Å². The number of hydrogen-bond acceptors (Lipinski definition) is 2. The van der Waals surface area contributed by atoms with Crippen LogP contribution in [0.4, 0.5) is 0 Å². The third kappa shape index (κ3) is 2.41. The Kier molecular flexibility index (Phi) is 3.81. The minimum absolute atomic E-state index is 0. The first-order valence-corrected chi connectivity index (χ1v) is 8.09. The third-order valence-corrected chi connectivity index (χ3v) is 6.33. The van der Waals surface area contributed by atoms with E-state index in [1.807, 2.05) is 18.2 Å². The standard InChI is InChI=1S/C17H22ClNO.ClH/c18-16-7-11-6-13(9-16)14(17(20,8-11)10-16)15(19)12-4-2-1-3-5-12;/h1-5,11,13-15,20H,6-10,19H2;1H/t11-,13+,14-,15+,16+,17+;/m1./s1. The van der Waals surface area contributed by atoms with Gasteiger partial charge in [0.05, 0.1) is 5.60 Å². The Labute approximate surface area is 137 Å². The maximum absolute atomic E-state index is 11.2. The Hall–Kier alpha value is -0.280. The van der Waals surface area contributed by atoms with Gasteiger partial charge in [0.2, 0.25) is 0 Å². The van der Waals surface area contributed by atoms with Crippen LogP contribution in [0.5, 0.6) is 0 Å². The zero-order valence-corrected chi connectivity index (χ0v) is 13.6. The lowest BCUT2D eigenvalue weighted by atomic mass is 9.48. The highest BCUT2D eigenvalue weighted by atomic mass is 35.5. The summed E-state index contributed by atoms with van der Waals surface area (Å²) in [5, 5.41) is 11.2. The molecule has 4 heteroatoms. The fraction of sp³-hybridized carbons (Fsp3) is 0.647. The predicted octanol–water partition coefficient (Wildman–Crippen LogP) is 3.66. The number of alkyl halides is 1. The molecule has 0 aromatic heterocycles. The van der Waals surface area contributed by atoms with Crippen LogP contribution in [0.1, 0.15) is 43.7 Å². The molecule has 1 aromatic rings. The molecule has 0 spiro atoms. The second-order valence-electron chi connectivity index (χ2n) is 7.37. The monoisotopic (exact) mass is 327 g/mol. The van der Waals surface area contributed by atoms with Gasteiger partial charge in [0.1, 0.15) is 0 Å². The van der Waals surface area contributed by atoms with E-state index >= 15 is 0 Å². The van der Waals surface area contributed by atoms with Crippen molar-refractivity contribution in [3.63, 3.8) is 0 Å². The molecule has 0 amide bonds. The van der Waals surface area contributed by atoms with Crippen LogP contribution in [0.3, 0.4) is 0 Å². The predicted molar refractivity (Wildman–Crippen MR) is 87.7 cm³/mol. The van der Waals surface area contributed by atoms with Crippen molar-refractivity contribution >= 4 is 24.0 Å². The Balaban J connectivity index is 0.00000132. The van der Waals surface area contributed by atoms with Crippen LogP contribution >= 0.6 is 24.0 Å². The molecule has 4 bridgehead atoms. The second-order valence-corrected chi connectivity index (χ2v) is 8.17. The molecule has 21 heavy (non-hydrogen) atoms. The van der Waals surface area contributed by atoms with Crippen molar-refractivity contribution < 1.29 is 5.11 Å². The first-order chi connectivity index (χ1) is 9.49. The van der Waals surface area contributed by atoms with Crippen molar-refractivity contribution in [1.29, 1.82) is 0 Å². The SMILES string of the molecule is Cl.N[C@@H](c1ccccc1)[C@H]1[C@H]2C[C@@H]3C[C@](Cl)(C2)C[C@@]1(O)C3. The molecular weight excluding hydrogens is 305 g/mol. The van der Waals surface area contributed by atoms with Crippen molar-refractivity contribution in [3.05, 3.63) is 35.9 Å². The Bertz CT molecular complexity index is 525. The van der Waals surface area contributed by atoms with Gasteiger partial charge in [0.15, 0.2) is 0 Å². The van der Waals surface area contributed by atoms with Gasteiger partial charge < -0.3 is 10.8 Å². The molecule has 3 N–H and O–H groups in total. The van der Waals surface area contributed by atoms with Crippen LogP contribution in [-0.2, 0) is 0 Å². The Morgan fingerprint density at radius 2 is 1.90 bits per heavy atom. The van der Waals surface area contributed by atoms with Crippen LogP contribution in [-0.4, -0.2) is 15.6 Å². The number of hydrogen-bond donors (Lipinski definition) is 2. The van der Waals surface area contributed by atoms with Crippen molar-refractivity contribution in [2.45, 2.75) is 48.6 Å². The number of nitrogens with two attached hydrogens (primary N) is 1. The maximum atomic E-state index is 11.2. The second kappa shape index (κ2) is 5.13. The Morgan fingerprint density at radius 1 is 1.19 bits per heavy atom. The highest BCUT2D eigenvalue weighted by Gasteiger charge is 2.62. The minimum atomic E-state index is -0.652. The molecule has 4 saturated carbocycles. The molecule has 1 aromatic carbocycles. The van der Waals surface area contributed by atoms with Crippen molar-refractivity contribution in [2.75, 3.05) is 0 Å². The summed E-state index contributed by atoms with van der Waals surface area (Å²) in [4.78, 5) is -0.159. The lowest BCUT2D eigenvalue weighted by molar-refractivity contribution is -0.170. The van der Waals surface area contributed by atoms with Gasteiger partial charge in [-0.25, -0.2) is 0 Å². The van der Waals surface area contributed by atoms with Crippen LogP contribution in [0.2, 0.25) is 0 Å². The largest absolute Gasteiger partial charge is 0.389 e. The number of benzene rings is 1. The molecule has 4 aliphatic rings. The van der Waals surface area contributed by atoms with Crippen LogP contribution in [0.25, 0.3) is 0 Å². The molecule has 5 rings (SSSR count). The number of aliphatic hydroxyl groups is 1. The lowest BCUT2D eigenvalue weighted by Gasteiger charge is -2.63. The first-order valence-electron chi connectivity index (χ1n) is 7.71. The number of rotatable bonds is 2. The average Bonchev–Trinajstić information content (AvgIpc) is 2.36. The summed E-state index contributed by atoms with van der Waals surface area (Å²) < 4.78 is 0. The molecule has 6 atom stereocenters. The third-order valence-electron chi connectivity index (χ3n) is 5.88. The molecule has 4 aliphatic carbocycles. The average molecular weight is 328 g/mol. The summed E-state index contributed by atoms with van der Waals surface area (Å²) in [5.41, 5.74) is 7.03. The molecule has 0 saturated heterocycles. The van der Waals surface area contributed by atoms with Gasteiger partial charge in [-0.3, -0.25) is 0 Å². The summed E-state index contributed by atoms with van der Waals surface area (Å²) >= 11 is 6.74. The quantitative estimate of drug-likeness (QED) is 0.814. The normalized spacial score (nSPS) is 45.2. The van der Waals surface area contributed by atoms with Gasteiger partial charge in [0, 0.05) is 16.8 Å². The maximum Gasteiger partial charge on any atom is 0.0716 e. The fourth-order valence-electron chi connectivity index (χ4n) is 5.56. The summed E-state index contributed by atoms with van der Waals surface area (Å²) in [6.07, 6.45) is 4.92. The van der Waals surface area contributed by atoms with Gasteiger partial charge in [-0.1, -0.05) is 30.3 Å². The summed E-state index contributed by atoms with van der Waals surface area (Å²) in [6, 6.07) is 10.1.